The maximum Gasteiger partial charge on any atom is 0.115 e. The van der Waals surface area contributed by atoms with E-state index in [1.165, 1.54) is 0 Å². The quantitative estimate of drug-likeness (QED) is 0.401. The third kappa shape index (κ3) is 3.14. The van der Waals surface area contributed by atoms with Gasteiger partial charge in [-0.15, -0.1) is 21.9 Å². The van der Waals surface area contributed by atoms with Gasteiger partial charge in [-0.3, -0.25) is 0 Å². The van der Waals surface area contributed by atoms with E-state index in [1.807, 2.05) is 13.8 Å². The number of hydrogen-bond acceptors (Lipinski definition) is 0. The molecule has 0 aliphatic carbocycles. The fraction of sp³-hybridized carbons (Fsp3) is 0.158. The standard InChI is InChI=1S/C19H7B11/c1-3(2)4-9(20)5-6(12(23)11(4)22)10(21)7(14(25)13(5)24)8-15(26)17(28)19(30)18(29)16(8)27/h3H,1-2H3. The van der Waals surface area contributed by atoms with Crippen LogP contribution in [0.5, 0.6) is 0 Å². The summed E-state index contributed by atoms with van der Waals surface area (Å²) in [6.45, 7) is 3.87. The third-order valence-electron chi connectivity index (χ3n) is 5.55. The van der Waals surface area contributed by atoms with Crippen molar-refractivity contribution in [3.8, 4) is 11.1 Å². The summed E-state index contributed by atoms with van der Waals surface area (Å²) in [7, 11) is 68.7. The summed E-state index contributed by atoms with van der Waals surface area (Å²) in [5.41, 5.74) is 2.71. The maximum absolute atomic E-state index is 6.51. The molecule has 0 amide bonds. The molecule has 0 atom stereocenters. The molecule has 0 aromatic heterocycles. The Morgan fingerprint density at radius 3 is 1.17 bits per heavy atom. The zero-order valence-corrected chi connectivity index (χ0v) is 16.9. The fourth-order valence-corrected chi connectivity index (χ4v) is 3.94. The lowest BCUT2D eigenvalue weighted by Gasteiger charge is -2.30. The highest BCUT2D eigenvalue weighted by Crippen LogP contribution is 2.16. The number of hydrogen-bond donors (Lipinski definition) is 0. The molecule has 0 saturated heterocycles. The van der Waals surface area contributed by atoms with Crippen LogP contribution in [0.25, 0.3) is 21.9 Å². The average molecular weight is 354 g/mol. The van der Waals surface area contributed by atoms with Gasteiger partial charge in [0.05, 0.1) is 0 Å². The van der Waals surface area contributed by atoms with Gasteiger partial charge in [-0.25, -0.2) is 0 Å². The summed E-state index contributed by atoms with van der Waals surface area (Å²) in [6.07, 6.45) is 0. The SMILES string of the molecule is [B]c1c([B])c([B])c(-c2c([B])c([B])c3c([B])c(C(C)C)c([B])c([B])c3c2[B])c([B])c1[B]. The molecule has 3 rings (SSSR count). The van der Waals surface area contributed by atoms with E-state index in [9.17, 15) is 0 Å². The van der Waals surface area contributed by atoms with Gasteiger partial charge < -0.3 is 0 Å². The summed E-state index contributed by atoms with van der Waals surface area (Å²) in [6, 6.07) is 0. The predicted molar refractivity (Wildman–Crippen MR) is 143 cm³/mol. The van der Waals surface area contributed by atoms with Crippen LogP contribution < -0.4 is 60.1 Å². The van der Waals surface area contributed by atoms with Crippen molar-refractivity contribution in [2.75, 3.05) is 0 Å². The van der Waals surface area contributed by atoms with Crippen LogP contribution in [0.1, 0.15) is 25.3 Å². The Morgan fingerprint density at radius 1 is 0.367 bits per heavy atom. The van der Waals surface area contributed by atoms with Crippen LogP contribution in [0.3, 0.4) is 0 Å². The molecule has 0 heterocycles. The molecule has 0 unspecified atom stereocenters. The first-order chi connectivity index (χ1) is 13.8. The first kappa shape index (κ1) is 23.3. The summed E-state index contributed by atoms with van der Waals surface area (Å²) in [4.78, 5) is 0. The van der Waals surface area contributed by atoms with Gasteiger partial charge in [0.15, 0.2) is 0 Å². The Bertz CT molecular complexity index is 1200. The largest absolute Gasteiger partial charge is 0.115 e. The molecule has 116 valence electrons. The Kier molecular flexibility index (Phi) is 6.18. The van der Waals surface area contributed by atoms with Gasteiger partial charge in [0.2, 0.25) is 0 Å². The van der Waals surface area contributed by atoms with Crippen molar-refractivity contribution < 1.29 is 0 Å². The normalized spacial score (nSPS) is 11.4. The lowest BCUT2D eigenvalue weighted by molar-refractivity contribution is 0.882. The minimum Gasteiger partial charge on any atom is -0.112 e. The lowest BCUT2D eigenvalue weighted by Crippen LogP contribution is -2.56. The number of fused-ring (bicyclic) bond motifs is 1. The summed E-state index contributed by atoms with van der Waals surface area (Å²) in [5.74, 6) is -0.0128. The molecule has 0 N–H and O–H groups in total. The molecule has 22 radical (unpaired) electrons. The Balaban J connectivity index is 2.63. The van der Waals surface area contributed by atoms with E-state index in [1.54, 1.807) is 0 Å². The zero-order chi connectivity index (χ0) is 22.8. The molecule has 3 aromatic rings. The number of benzene rings is 3. The van der Waals surface area contributed by atoms with Crippen LogP contribution >= 0.6 is 0 Å². The van der Waals surface area contributed by atoms with Crippen LogP contribution in [-0.4, -0.2) is 86.3 Å². The van der Waals surface area contributed by atoms with Crippen molar-refractivity contribution in [3.63, 3.8) is 0 Å². The van der Waals surface area contributed by atoms with Crippen LogP contribution in [0, 0.1) is 0 Å². The van der Waals surface area contributed by atoms with Gasteiger partial charge in [0, 0.05) is 0 Å². The van der Waals surface area contributed by atoms with Crippen molar-refractivity contribution in [2.24, 2.45) is 0 Å². The van der Waals surface area contributed by atoms with Gasteiger partial charge >= 0.3 is 0 Å². The fourth-order valence-electron chi connectivity index (χ4n) is 3.94. The highest BCUT2D eigenvalue weighted by atomic mass is 14.2. The van der Waals surface area contributed by atoms with Crippen molar-refractivity contribution in [1.82, 2.24) is 0 Å². The Labute approximate surface area is 193 Å². The predicted octanol–water partition coefficient (Wildman–Crippen LogP) is -7.64. The second-order valence-corrected chi connectivity index (χ2v) is 7.62. The lowest BCUT2D eigenvalue weighted by atomic mass is 9.56. The van der Waals surface area contributed by atoms with Gasteiger partial charge in [-0.1, -0.05) is 57.7 Å². The van der Waals surface area contributed by atoms with E-state index in [0.29, 0.717) is 27.3 Å². The summed E-state index contributed by atoms with van der Waals surface area (Å²) >= 11 is 0. The van der Waals surface area contributed by atoms with Crippen LogP contribution in [0.2, 0.25) is 0 Å². The van der Waals surface area contributed by atoms with E-state index < -0.39 is 0 Å². The molecule has 11 heteroatoms. The second kappa shape index (κ2) is 7.96. The molecule has 0 aliphatic heterocycles. The minimum atomic E-state index is -0.0128. The highest BCUT2D eigenvalue weighted by Gasteiger charge is 2.22. The molecule has 0 spiro atoms. The van der Waals surface area contributed by atoms with Crippen molar-refractivity contribution in [3.05, 3.63) is 5.56 Å². The maximum atomic E-state index is 6.51. The molecule has 0 bridgehead atoms. The molecule has 0 aliphatic rings. The van der Waals surface area contributed by atoms with Crippen LogP contribution in [0.4, 0.5) is 0 Å². The Morgan fingerprint density at radius 2 is 0.700 bits per heavy atom. The zero-order valence-electron chi connectivity index (χ0n) is 16.9. The molecule has 0 saturated carbocycles. The van der Waals surface area contributed by atoms with E-state index in [4.69, 9.17) is 86.3 Å². The summed E-state index contributed by atoms with van der Waals surface area (Å²) < 4.78 is 0. The van der Waals surface area contributed by atoms with Crippen molar-refractivity contribution in [1.29, 1.82) is 0 Å². The smallest absolute Gasteiger partial charge is 0.112 e. The van der Waals surface area contributed by atoms with E-state index in [-0.39, 0.29) is 66.2 Å². The van der Waals surface area contributed by atoms with E-state index in [2.05, 4.69) is 0 Å². The van der Waals surface area contributed by atoms with Gasteiger partial charge in [-0.2, -0.15) is 0 Å². The molecular weight excluding hydrogens is 347 g/mol. The van der Waals surface area contributed by atoms with Gasteiger partial charge in [0.25, 0.3) is 0 Å². The summed E-state index contributed by atoms with van der Waals surface area (Å²) in [5, 5.41) is 0.765. The molecular formula is C19H7B11. The molecule has 3 aromatic carbocycles. The number of rotatable bonds is 2. The monoisotopic (exact) mass is 356 g/mol. The molecule has 30 heavy (non-hydrogen) atoms. The first-order valence-electron chi connectivity index (χ1n) is 9.12. The molecule has 0 nitrogen and oxygen atoms in total. The van der Waals surface area contributed by atoms with Crippen molar-refractivity contribution in [2.45, 2.75) is 19.8 Å². The van der Waals surface area contributed by atoms with Gasteiger partial charge in [0.1, 0.15) is 86.3 Å². The Hall–Kier alpha value is -1.37. The van der Waals surface area contributed by atoms with Crippen molar-refractivity contribution >= 4 is 157 Å². The second-order valence-electron chi connectivity index (χ2n) is 7.62. The topological polar surface area (TPSA) is 0 Å². The van der Waals surface area contributed by atoms with E-state index in [0.717, 1.165) is 0 Å². The third-order valence-corrected chi connectivity index (χ3v) is 5.55. The van der Waals surface area contributed by atoms with E-state index >= 15 is 0 Å². The average Bonchev–Trinajstić information content (AvgIpc) is 2.68. The van der Waals surface area contributed by atoms with Crippen LogP contribution in [-0.2, 0) is 0 Å². The minimum absolute atomic E-state index is 0.0128. The first-order valence-corrected chi connectivity index (χ1v) is 9.12. The highest BCUT2D eigenvalue weighted by molar-refractivity contribution is 6.71. The van der Waals surface area contributed by atoms with Crippen LogP contribution in [0.15, 0.2) is 0 Å². The van der Waals surface area contributed by atoms with Gasteiger partial charge in [-0.05, 0) is 27.8 Å². The molecule has 0 fully saturated rings.